The lowest BCUT2D eigenvalue weighted by molar-refractivity contribution is -0.0489. The lowest BCUT2D eigenvalue weighted by atomic mass is 10.1. The Morgan fingerprint density at radius 1 is 1.35 bits per heavy atom. The third-order valence-corrected chi connectivity index (χ3v) is 5.04. The fraction of sp³-hybridized carbons (Fsp3) is 0.400. The van der Waals surface area contributed by atoms with Crippen molar-refractivity contribution >= 4 is 23.5 Å². The number of hydrogen-bond donors (Lipinski definition) is 4. The average molecular weight is 427 g/mol. The molecule has 31 heavy (non-hydrogen) atoms. The number of ether oxygens (including phenoxy) is 1. The number of aromatic amines is 1. The molecule has 0 radical (unpaired) electrons. The molecule has 4 rings (SSSR count). The van der Waals surface area contributed by atoms with Gasteiger partial charge in [-0.05, 0) is 5.56 Å². The number of fused-ring (bicyclic) bond motifs is 1. The molecule has 2 aromatic heterocycles. The van der Waals surface area contributed by atoms with Crippen molar-refractivity contribution in [3.8, 4) is 0 Å². The summed E-state index contributed by atoms with van der Waals surface area (Å²) in [5.41, 5.74) is 0.944. The van der Waals surface area contributed by atoms with Gasteiger partial charge in [0.25, 0.3) is 5.56 Å². The Labute approximate surface area is 178 Å². The molecule has 11 nitrogen and oxygen atoms in total. The maximum Gasteiger partial charge on any atom is 0.280 e. The third-order valence-electron chi connectivity index (χ3n) is 5.04. The molecule has 4 atom stereocenters. The molecule has 164 valence electrons. The highest BCUT2D eigenvalue weighted by Gasteiger charge is 2.44. The van der Waals surface area contributed by atoms with Crippen molar-refractivity contribution in [2.75, 3.05) is 20.7 Å². The maximum atomic E-state index is 12.4. The van der Waals surface area contributed by atoms with Crippen LogP contribution in [0.4, 0.5) is 5.95 Å². The number of rotatable bonds is 7. The van der Waals surface area contributed by atoms with Crippen molar-refractivity contribution in [1.29, 1.82) is 0 Å². The number of hydrogen-bond acceptors (Lipinski definition) is 8. The van der Waals surface area contributed by atoms with E-state index in [2.05, 4.69) is 25.3 Å². The van der Waals surface area contributed by atoms with Crippen LogP contribution in [0.2, 0.25) is 0 Å². The fourth-order valence-electron chi connectivity index (χ4n) is 3.54. The Hall–Kier alpha value is -3.12. The lowest BCUT2D eigenvalue weighted by Gasteiger charge is -2.21. The predicted octanol–water partition coefficient (Wildman–Crippen LogP) is -0.250. The summed E-state index contributed by atoms with van der Waals surface area (Å²) in [4.78, 5) is 29.3. The maximum absolute atomic E-state index is 12.4. The Morgan fingerprint density at radius 2 is 2.13 bits per heavy atom. The highest BCUT2D eigenvalue weighted by atomic mass is 16.5. The zero-order valence-corrected chi connectivity index (χ0v) is 17.2. The van der Waals surface area contributed by atoms with Gasteiger partial charge in [0.2, 0.25) is 5.95 Å². The van der Waals surface area contributed by atoms with Crippen molar-refractivity contribution in [2.45, 2.75) is 31.0 Å². The van der Waals surface area contributed by atoms with Crippen LogP contribution in [-0.4, -0.2) is 79.9 Å². The van der Waals surface area contributed by atoms with Gasteiger partial charge in [-0.25, -0.2) is 9.98 Å². The van der Waals surface area contributed by atoms with Crippen LogP contribution in [0.3, 0.4) is 0 Å². The molecule has 1 aliphatic heterocycles. The molecular formula is C20H25N7O4. The van der Waals surface area contributed by atoms with Gasteiger partial charge in [-0.2, -0.15) is 4.98 Å². The highest BCUT2D eigenvalue weighted by Crippen LogP contribution is 2.31. The van der Waals surface area contributed by atoms with Crippen LogP contribution >= 0.6 is 0 Å². The predicted molar refractivity (Wildman–Crippen MR) is 114 cm³/mol. The zero-order valence-electron chi connectivity index (χ0n) is 17.2. The van der Waals surface area contributed by atoms with Crippen LogP contribution in [0.15, 0.2) is 46.4 Å². The van der Waals surface area contributed by atoms with Gasteiger partial charge in [-0.3, -0.25) is 14.3 Å². The SMILES string of the molecule is CN(C)/C=N\c1nc2c(ncn2[C@@H]2O[C@H](CO)C(NCc3ccccc3)C2O)c(=O)[nH]1. The van der Waals surface area contributed by atoms with Gasteiger partial charge in [0.05, 0.1) is 25.3 Å². The molecule has 11 heteroatoms. The summed E-state index contributed by atoms with van der Waals surface area (Å²) in [6, 6.07) is 9.20. The van der Waals surface area contributed by atoms with E-state index in [1.807, 2.05) is 30.3 Å². The first kappa shape index (κ1) is 21.1. The van der Waals surface area contributed by atoms with E-state index in [4.69, 9.17) is 4.74 Å². The van der Waals surface area contributed by atoms with Crippen molar-refractivity contribution in [1.82, 2.24) is 29.7 Å². The topological polar surface area (TPSA) is 141 Å². The molecular weight excluding hydrogens is 402 g/mol. The number of nitrogens with one attached hydrogen (secondary N) is 2. The zero-order chi connectivity index (χ0) is 22.0. The number of aliphatic hydroxyl groups is 2. The van der Waals surface area contributed by atoms with E-state index < -0.39 is 30.0 Å². The summed E-state index contributed by atoms with van der Waals surface area (Å²) in [7, 11) is 3.59. The number of nitrogens with zero attached hydrogens (tertiary/aromatic N) is 5. The van der Waals surface area contributed by atoms with Gasteiger partial charge in [-0.15, -0.1) is 0 Å². The van der Waals surface area contributed by atoms with E-state index in [-0.39, 0.29) is 23.7 Å². The van der Waals surface area contributed by atoms with Crippen LogP contribution in [0.5, 0.6) is 0 Å². The standard InChI is InChI=1S/C20H25N7O4/c1-26(2)10-23-20-24-17-15(18(30)25-20)22-11-27(17)19-16(29)14(13(9-28)31-19)21-8-12-6-4-3-5-7-12/h3-7,10-11,13-14,16,19,21,28-29H,8-9H2,1-2H3,(H,24,25,30)/b23-10-/t13-,14?,16?,19-/m1/s1. The molecule has 3 heterocycles. The van der Waals surface area contributed by atoms with Crippen LogP contribution in [0.1, 0.15) is 11.8 Å². The van der Waals surface area contributed by atoms with E-state index in [1.54, 1.807) is 19.0 Å². The summed E-state index contributed by atoms with van der Waals surface area (Å²) in [6.07, 6.45) is 0.378. The van der Waals surface area contributed by atoms with Gasteiger partial charge < -0.3 is 25.2 Å². The van der Waals surface area contributed by atoms with E-state index in [0.717, 1.165) is 5.56 Å². The van der Waals surface area contributed by atoms with E-state index in [0.29, 0.717) is 6.54 Å². The summed E-state index contributed by atoms with van der Waals surface area (Å²) >= 11 is 0. The van der Waals surface area contributed by atoms with Gasteiger partial charge in [0.15, 0.2) is 17.4 Å². The molecule has 2 unspecified atom stereocenters. The Morgan fingerprint density at radius 3 is 2.84 bits per heavy atom. The van der Waals surface area contributed by atoms with E-state index in [1.165, 1.54) is 17.2 Å². The monoisotopic (exact) mass is 427 g/mol. The number of aliphatic hydroxyl groups excluding tert-OH is 2. The summed E-state index contributed by atoms with van der Waals surface area (Å²) in [5, 5.41) is 24.0. The van der Waals surface area contributed by atoms with Crippen LogP contribution in [0.25, 0.3) is 11.2 Å². The van der Waals surface area contributed by atoms with Crippen molar-refractivity contribution in [2.24, 2.45) is 4.99 Å². The second-order valence-corrected chi connectivity index (χ2v) is 7.55. The number of benzene rings is 1. The minimum absolute atomic E-state index is 0.109. The molecule has 0 bridgehead atoms. The largest absolute Gasteiger partial charge is 0.394 e. The second kappa shape index (κ2) is 8.94. The minimum Gasteiger partial charge on any atom is -0.394 e. The van der Waals surface area contributed by atoms with Crippen LogP contribution in [-0.2, 0) is 11.3 Å². The Balaban J connectivity index is 1.62. The molecule has 4 N–H and O–H groups in total. The van der Waals surface area contributed by atoms with E-state index >= 15 is 0 Å². The van der Waals surface area contributed by atoms with Gasteiger partial charge in [0.1, 0.15) is 12.2 Å². The minimum atomic E-state index is -1.01. The fourth-order valence-corrected chi connectivity index (χ4v) is 3.54. The summed E-state index contributed by atoms with van der Waals surface area (Å²) < 4.78 is 7.41. The second-order valence-electron chi connectivity index (χ2n) is 7.55. The number of H-pyrrole nitrogens is 1. The quantitative estimate of drug-likeness (QED) is 0.299. The Kier molecular flexibility index (Phi) is 6.09. The molecule has 0 saturated carbocycles. The average Bonchev–Trinajstić information content (AvgIpc) is 3.32. The third kappa shape index (κ3) is 4.35. The smallest absolute Gasteiger partial charge is 0.280 e. The normalized spacial score (nSPS) is 23.7. The van der Waals surface area contributed by atoms with Gasteiger partial charge in [-0.1, -0.05) is 30.3 Å². The van der Waals surface area contributed by atoms with Crippen molar-refractivity contribution in [3.63, 3.8) is 0 Å². The molecule has 1 fully saturated rings. The molecule has 3 aromatic rings. The van der Waals surface area contributed by atoms with Crippen molar-refractivity contribution in [3.05, 3.63) is 52.6 Å². The summed E-state index contributed by atoms with van der Waals surface area (Å²) in [6.45, 7) is 0.222. The number of aromatic nitrogens is 4. The van der Waals surface area contributed by atoms with E-state index in [9.17, 15) is 15.0 Å². The lowest BCUT2D eigenvalue weighted by Crippen LogP contribution is -2.45. The Bertz CT molecular complexity index is 1110. The van der Waals surface area contributed by atoms with Crippen LogP contribution < -0.4 is 10.9 Å². The molecule has 1 aliphatic rings. The van der Waals surface area contributed by atoms with Crippen molar-refractivity contribution < 1.29 is 14.9 Å². The molecule has 0 spiro atoms. The molecule has 0 aliphatic carbocycles. The first-order valence-corrected chi connectivity index (χ1v) is 9.87. The first-order chi connectivity index (χ1) is 15.0. The highest BCUT2D eigenvalue weighted by molar-refractivity contribution is 5.71. The van der Waals surface area contributed by atoms with Gasteiger partial charge in [0, 0.05) is 20.6 Å². The van der Waals surface area contributed by atoms with Gasteiger partial charge >= 0.3 is 0 Å². The molecule has 1 saturated heterocycles. The first-order valence-electron chi connectivity index (χ1n) is 9.87. The number of imidazole rings is 1. The number of aliphatic imine (C=N–C) groups is 1. The summed E-state index contributed by atoms with van der Waals surface area (Å²) in [5.74, 6) is 0.109. The van der Waals surface area contributed by atoms with Crippen LogP contribution in [0, 0.1) is 0 Å². The molecule has 1 aromatic carbocycles. The molecule has 0 amide bonds.